The van der Waals surface area contributed by atoms with E-state index in [2.05, 4.69) is 15.9 Å². The minimum Gasteiger partial charge on any atom is -0.495 e. The third-order valence-corrected chi connectivity index (χ3v) is 4.66. The molecule has 2 rings (SSSR count). The number of piperidine rings is 1. The van der Waals surface area contributed by atoms with Crippen LogP contribution in [-0.4, -0.2) is 46.9 Å². The fraction of sp³-hybridized carbons (Fsp3) is 0.471. The highest BCUT2D eigenvalue weighted by atomic mass is 79.9. The summed E-state index contributed by atoms with van der Waals surface area (Å²) in [6, 6.07) is 1.05. The van der Waals surface area contributed by atoms with Gasteiger partial charge in [-0.05, 0) is 42.8 Å². The molecular formula is C17H18BrFN2O7. The minimum atomic E-state index is -1.72. The van der Waals surface area contributed by atoms with Crippen molar-refractivity contribution in [2.24, 2.45) is 0 Å². The summed E-state index contributed by atoms with van der Waals surface area (Å²) in [5.74, 6) is -4.82. The second kappa shape index (κ2) is 7.82. The fourth-order valence-electron chi connectivity index (χ4n) is 2.74. The van der Waals surface area contributed by atoms with Gasteiger partial charge in [0.25, 0.3) is 0 Å². The van der Waals surface area contributed by atoms with E-state index in [1.165, 1.54) is 7.11 Å². The summed E-state index contributed by atoms with van der Waals surface area (Å²) >= 11 is 2.86. The highest BCUT2D eigenvalue weighted by Crippen LogP contribution is 2.41. The molecule has 0 spiro atoms. The molecular weight excluding hydrogens is 443 g/mol. The van der Waals surface area contributed by atoms with Crippen molar-refractivity contribution in [1.29, 1.82) is 0 Å². The Morgan fingerprint density at radius 1 is 1.39 bits per heavy atom. The zero-order chi connectivity index (χ0) is 21.4. The van der Waals surface area contributed by atoms with E-state index in [9.17, 15) is 28.9 Å². The standard InChI is InChI=1S/C17H18BrFN2O7/c1-17(2,3)28-16(24)20-6-5-9(22)11(15(20)23)8-7-10(27-4)12(18)13(19)14(8)21(25)26/h7,11H,5-6H2,1-4H3. The van der Waals surface area contributed by atoms with Crippen molar-refractivity contribution in [3.63, 3.8) is 0 Å². The molecule has 1 unspecified atom stereocenters. The van der Waals surface area contributed by atoms with Crippen LogP contribution in [0.2, 0.25) is 0 Å². The van der Waals surface area contributed by atoms with Gasteiger partial charge < -0.3 is 9.47 Å². The second-order valence-electron chi connectivity index (χ2n) is 7.02. The number of ether oxygens (including phenoxy) is 2. The summed E-state index contributed by atoms with van der Waals surface area (Å²) in [5, 5.41) is 11.4. The van der Waals surface area contributed by atoms with E-state index in [0.29, 0.717) is 4.90 Å². The van der Waals surface area contributed by atoms with E-state index in [1.54, 1.807) is 20.8 Å². The predicted octanol–water partition coefficient (Wildman–Crippen LogP) is 3.33. The lowest BCUT2D eigenvalue weighted by Gasteiger charge is -2.31. The number of nitro benzene ring substituents is 1. The molecule has 1 atom stereocenters. The van der Waals surface area contributed by atoms with Gasteiger partial charge in [0.15, 0.2) is 5.78 Å². The monoisotopic (exact) mass is 460 g/mol. The van der Waals surface area contributed by atoms with E-state index in [1.807, 2.05) is 0 Å². The molecule has 0 bridgehead atoms. The number of halogens is 2. The summed E-state index contributed by atoms with van der Waals surface area (Å²) in [4.78, 5) is 48.7. The van der Waals surface area contributed by atoms with Crippen LogP contribution < -0.4 is 4.74 Å². The van der Waals surface area contributed by atoms with Gasteiger partial charge >= 0.3 is 11.8 Å². The molecule has 1 saturated heterocycles. The van der Waals surface area contributed by atoms with E-state index >= 15 is 0 Å². The Morgan fingerprint density at radius 2 is 2.00 bits per heavy atom. The highest BCUT2D eigenvalue weighted by molar-refractivity contribution is 9.10. The number of carbonyl (C=O) groups is 3. The maximum absolute atomic E-state index is 14.6. The molecule has 28 heavy (non-hydrogen) atoms. The van der Waals surface area contributed by atoms with Crippen molar-refractivity contribution >= 4 is 39.4 Å². The van der Waals surface area contributed by atoms with Crippen LogP contribution in [0.15, 0.2) is 10.5 Å². The van der Waals surface area contributed by atoms with Crippen LogP contribution in [0.4, 0.5) is 14.9 Å². The van der Waals surface area contributed by atoms with Crippen molar-refractivity contribution in [3.8, 4) is 5.75 Å². The molecule has 0 radical (unpaired) electrons. The molecule has 1 aromatic rings. The van der Waals surface area contributed by atoms with Crippen LogP contribution in [0, 0.1) is 15.9 Å². The maximum Gasteiger partial charge on any atom is 0.417 e. The summed E-state index contributed by atoms with van der Waals surface area (Å²) in [5.41, 5.74) is -2.41. The molecule has 1 aliphatic heterocycles. The summed E-state index contributed by atoms with van der Waals surface area (Å²) < 4.78 is 24.3. The molecule has 1 heterocycles. The van der Waals surface area contributed by atoms with Crippen LogP contribution >= 0.6 is 15.9 Å². The summed E-state index contributed by atoms with van der Waals surface area (Å²) in [6.45, 7) is 4.57. The maximum atomic E-state index is 14.6. The Kier molecular flexibility index (Phi) is 6.07. The SMILES string of the molecule is COc1cc(C2C(=O)CCN(C(=O)OC(C)(C)C)C2=O)c([N+](=O)[O-])c(F)c1Br. The molecule has 9 nitrogen and oxygen atoms in total. The van der Waals surface area contributed by atoms with Crippen LogP contribution in [0.25, 0.3) is 0 Å². The average molecular weight is 461 g/mol. The fourth-order valence-corrected chi connectivity index (χ4v) is 3.20. The van der Waals surface area contributed by atoms with Gasteiger partial charge in [-0.15, -0.1) is 0 Å². The first-order valence-electron chi connectivity index (χ1n) is 8.16. The Labute approximate surface area is 168 Å². The van der Waals surface area contributed by atoms with E-state index < -0.39 is 51.3 Å². The van der Waals surface area contributed by atoms with Gasteiger partial charge in [0.05, 0.1) is 17.6 Å². The lowest BCUT2D eigenvalue weighted by molar-refractivity contribution is -0.388. The van der Waals surface area contributed by atoms with E-state index in [-0.39, 0.29) is 23.2 Å². The van der Waals surface area contributed by atoms with Crippen molar-refractivity contribution in [3.05, 3.63) is 32.0 Å². The average Bonchev–Trinajstić information content (AvgIpc) is 2.55. The molecule has 0 N–H and O–H groups in total. The highest BCUT2D eigenvalue weighted by Gasteiger charge is 2.45. The molecule has 0 saturated carbocycles. The zero-order valence-electron chi connectivity index (χ0n) is 15.6. The Hall–Kier alpha value is -2.56. The number of hydrogen-bond acceptors (Lipinski definition) is 7. The zero-order valence-corrected chi connectivity index (χ0v) is 17.2. The number of nitrogens with zero attached hydrogens (tertiary/aromatic N) is 2. The van der Waals surface area contributed by atoms with Crippen LogP contribution in [-0.2, 0) is 14.3 Å². The Morgan fingerprint density at radius 3 is 2.50 bits per heavy atom. The predicted molar refractivity (Wildman–Crippen MR) is 97.6 cm³/mol. The lowest BCUT2D eigenvalue weighted by atomic mass is 9.87. The van der Waals surface area contributed by atoms with Crippen molar-refractivity contribution < 1.29 is 33.2 Å². The smallest absolute Gasteiger partial charge is 0.417 e. The molecule has 1 aromatic carbocycles. The lowest BCUT2D eigenvalue weighted by Crippen LogP contribution is -2.49. The van der Waals surface area contributed by atoms with Gasteiger partial charge in [0, 0.05) is 13.0 Å². The van der Waals surface area contributed by atoms with Gasteiger partial charge in [0.1, 0.15) is 21.7 Å². The second-order valence-corrected chi connectivity index (χ2v) is 7.81. The van der Waals surface area contributed by atoms with Gasteiger partial charge in [0.2, 0.25) is 11.7 Å². The number of likely N-dealkylation sites (tertiary alicyclic amines) is 1. The number of benzene rings is 1. The summed E-state index contributed by atoms with van der Waals surface area (Å²) in [6.07, 6.45) is -1.23. The molecule has 2 amide bonds. The van der Waals surface area contributed by atoms with Gasteiger partial charge in [-0.2, -0.15) is 4.39 Å². The number of carbonyl (C=O) groups excluding carboxylic acids is 3. The number of hydrogen-bond donors (Lipinski definition) is 0. The van der Waals surface area contributed by atoms with Crippen LogP contribution in [0.5, 0.6) is 5.75 Å². The molecule has 152 valence electrons. The number of Topliss-reactive ketones (excluding diaryl/α,β-unsaturated/α-hetero) is 1. The van der Waals surface area contributed by atoms with Gasteiger partial charge in [-0.25, -0.2) is 9.69 Å². The van der Waals surface area contributed by atoms with Crippen molar-refractivity contribution in [1.82, 2.24) is 4.90 Å². The molecule has 1 fully saturated rings. The largest absolute Gasteiger partial charge is 0.495 e. The summed E-state index contributed by atoms with van der Waals surface area (Å²) in [7, 11) is 1.20. The van der Waals surface area contributed by atoms with Crippen LogP contribution in [0.3, 0.4) is 0 Å². The molecule has 0 aromatic heterocycles. The first-order valence-corrected chi connectivity index (χ1v) is 8.95. The Balaban J connectivity index is 2.57. The third kappa shape index (κ3) is 4.13. The number of rotatable bonds is 3. The number of imide groups is 1. The van der Waals surface area contributed by atoms with Crippen molar-refractivity contribution in [2.75, 3.05) is 13.7 Å². The van der Waals surface area contributed by atoms with Gasteiger partial charge in [-0.3, -0.25) is 19.7 Å². The normalized spacial score (nSPS) is 17.5. The molecule has 0 aliphatic carbocycles. The first-order chi connectivity index (χ1) is 12.9. The van der Waals surface area contributed by atoms with Crippen molar-refractivity contribution in [2.45, 2.75) is 38.7 Å². The molecule has 1 aliphatic rings. The Bertz CT molecular complexity index is 866. The molecule has 11 heteroatoms. The number of methoxy groups -OCH3 is 1. The van der Waals surface area contributed by atoms with Crippen LogP contribution in [0.1, 0.15) is 38.7 Å². The number of nitro groups is 1. The number of amides is 2. The third-order valence-electron chi connectivity index (χ3n) is 3.92. The van der Waals surface area contributed by atoms with E-state index in [4.69, 9.17) is 9.47 Å². The first kappa shape index (κ1) is 21.7. The number of ketones is 1. The van der Waals surface area contributed by atoms with Gasteiger partial charge in [-0.1, -0.05) is 0 Å². The minimum absolute atomic E-state index is 0.131. The quantitative estimate of drug-likeness (QED) is 0.385. The van der Waals surface area contributed by atoms with E-state index in [0.717, 1.165) is 6.07 Å². The topological polar surface area (TPSA) is 116 Å².